The lowest BCUT2D eigenvalue weighted by atomic mass is 10.1. The van der Waals surface area contributed by atoms with E-state index in [2.05, 4.69) is 0 Å². The first kappa shape index (κ1) is 14.1. The van der Waals surface area contributed by atoms with E-state index in [-0.39, 0.29) is 0 Å². The first-order valence-corrected chi connectivity index (χ1v) is 7.67. The van der Waals surface area contributed by atoms with E-state index in [9.17, 15) is 4.21 Å². The normalized spacial score (nSPS) is 12.4. The van der Waals surface area contributed by atoms with Gasteiger partial charge < -0.3 is 5.73 Å². The van der Waals surface area contributed by atoms with Crippen molar-refractivity contribution < 1.29 is 4.21 Å². The first-order chi connectivity index (χ1) is 8.99. The van der Waals surface area contributed by atoms with Crippen LogP contribution in [-0.2, 0) is 16.6 Å². The second kappa shape index (κ2) is 5.76. The monoisotopic (exact) mass is 293 g/mol. The van der Waals surface area contributed by atoms with E-state index in [0.717, 1.165) is 16.7 Å². The standard InChI is InChI=1S/C15H16ClNOS/c1-10-4-3-5-11(2)13(10)9-19(18)15-8-12(16)6-7-14(15)17/h3-8H,9,17H2,1-2H3. The summed E-state index contributed by atoms with van der Waals surface area (Å²) in [5, 5.41) is 0.555. The molecule has 0 bridgehead atoms. The minimum atomic E-state index is -1.19. The Morgan fingerprint density at radius 2 is 1.79 bits per heavy atom. The molecule has 2 rings (SSSR count). The minimum absolute atomic E-state index is 0.461. The molecule has 4 heteroatoms. The van der Waals surface area contributed by atoms with Crippen LogP contribution < -0.4 is 5.73 Å². The highest BCUT2D eigenvalue weighted by molar-refractivity contribution is 7.84. The SMILES string of the molecule is Cc1cccc(C)c1CS(=O)c1cc(Cl)ccc1N. The van der Waals surface area contributed by atoms with E-state index in [1.165, 1.54) is 0 Å². The maximum atomic E-state index is 12.5. The molecule has 1 atom stereocenters. The first-order valence-electron chi connectivity index (χ1n) is 5.97. The van der Waals surface area contributed by atoms with Gasteiger partial charge in [0.1, 0.15) is 0 Å². The van der Waals surface area contributed by atoms with Gasteiger partial charge in [0.2, 0.25) is 0 Å². The van der Waals surface area contributed by atoms with E-state index < -0.39 is 10.8 Å². The fourth-order valence-electron chi connectivity index (χ4n) is 1.99. The van der Waals surface area contributed by atoms with Gasteiger partial charge in [-0.15, -0.1) is 0 Å². The maximum absolute atomic E-state index is 12.5. The number of benzene rings is 2. The smallest absolute Gasteiger partial charge is 0.0635 e. The summed E-state index contributed by atoms with van der Waals surface area (Å²) in [4.78, 5) is 0.607. The van der Waals surface area contributed by atoms with Crippen LogP contribution in [0.1, 0.15) is 16.7 Å². The Labute approximate surface area is 121 Å². The molecule has 0 radical (unpaired) electrons. The molecule has 0 aliphatic carbocycles. The van der Waals surface area contributed by atoms with Crippen molar-refractivity contribution >= 4 is 28.1 Å². The second-order valence-corrected chi connectivity index (χ2v) is 6.40. The lowest BCUT2D eigenvalue weighted by Crippen LogP contribution is -2.03. The predicted molar refractivity (Wildman–Crippen MR) is 81.9 cm³/mol. The van der Waals surface area contributed by atoms with Crippen LogP contribution >= 0.6 is 11.6 Å². The fraction of sp³-hybridized carbons (Fsp3) is 0.200. The second-order valence-electron chi connectivity index (χ2n) is 4.54. The topological polar surface area (TPSA) is 43.1 Å². The third-order valence-corrected chi connectivity index (χ3v) is 4.77. The fourth-order valence-corrected chi connectivity index (χ4v) is 3.69. The van der Waals surface area contributed by atoms with Crippen LogP contribution in [0.15, 0.2) is 41.3 Å². The zero-order chi connectivity index (χ0) is 14.0. The molecule has 0 aliphatic rings. The molecule has 0 heterocycles. The highest BCUT2D eigenvalue weighted by Gasteiger charge is 2.12. The highest BCUT2D eigenvalue weighted by atomic mass is 35.5. The lowest BCUT2D eigenvalue weighted by molar-refractivity contribution is 0.682. The third kappa shape index (κ3) is 3.17. The van der Waals surface area contributed by atoms with Crippen molar-refractivity contribution in [1.29, 1.82) is 0 Å². The number of hydrogen-bond acceptors (Lipinski definition) is 2. The molecule has 2 nitrogen and oxygen atoms in total. The summed E-state index contributed by atoms with van der Waals surface area (Å²) in [6.07, 6.45) is 0. The molecule has 2 N–H and O–H groups in total. The molecule has 100 valence electrons. The van der Waals surface area contributed by atoms with Crippen LogP contribution in [0.25, 0.3) is 0 Å². The van der Waals surface area contributed by atoms with Gasteiger partial charge in [-0.3, -0.25) is 4.21 Å². The van der Waals surface area contributed by atoms with E-state index in [0.29, 0.717) is 21.4 Å². The summed E-state index contributed by atoms with van der Waals surface area (Å²) in [6.45, 7) is 4.06. The molecule has 0 fully saturated rings. The van der Waals surface area contributed by atoms with Gasteiger partial charge in [0, 0.05) is 10.7 Å². The number of halogens is 1. The molecular weight excluding hydrogens is 278 g/mol. The van der Waals surface area contributed by atoms with E-state index in [1.807, 2.05) is 32.0 Å². The maximum Gasteiger partial charge on any atom is 0.0635 e. The Morgan fingerprint density at radius 3 is 2.42 bits per heavy atom. The Bertz CT molecular complexity index is 620. The summed E-state index contributed by atoms with van der Waals surface area (Å²) in [7, 11) is -1.19. The summed E-state index contributed by atoms with van der Waals surface area (Å²) in [6, 6.07) is 11.1. The van der Waals surface area contributed by atoms with Gasteiger partial charge in [0.05, 0.1) is 21.4 Å². The van der Waals surface area contributed by atoms with Crippen molar-refractivity contribution in [3.63, 3.8) is 0 Å². The van der Waals surface area contributed by atoms with Crippen molar-refractivity contribution in [3.8, 4) is 0 Å². The zero-order valence-corrected chi connectivity index (χ0v) is 12.5. The molecule has 0 aromatic heterocycles. The number of nitrogen functional groups attached to an aromatic ring is 1. The van der Waals surface area contributed by atoms with Crippen LogP contribution in [0.4, 0.5) is 5.69 Å². The average molecular weight is 294 g/mol. The molecule has 0 aliphatic heterocycles. The van der Waals surface area contributed by atoms with Crippen molar-refractivity contribution in [2.75, 3.05) is 5.73 Å². The number of rotatable bonds is 3. The van der Waals surface area contributed by atoms with Crippen LogP contribution in [0.2, 0.25) is 5.02 Å². The molecule has 0 amide bonds. The molecular formula is C15H16ClNOS. The number of nitrogens with two attached hydrogens (primary N) is 1. The van der Waals surface area contributed by atoms with Crippen molar-refractivity contribution in [2.24, 2.45) is 0 Å². The van der Waals surface area contributed by atoms with Crippen LogP contribution in [0.5, 0.6) is 0 Å². The lowest BCUT2D eigenvalue weighted by Gasteiger charge is -2.11. The molecule has 2 aromatic carbocycles. The summed E-state index contributed by atoms with van der Waals surface area (Å²) in [5.41, 5.74) is 9.80. The molecule has 2 aromatic rings. The van der Waals surface area contributed by atoms with Crippen LogP contribution in [-0.4, -0.2) is 4.21 Å². The quantitative estimate of drug-likeness (QED) is 0.874. The van der Waals surface area contributed by atoms with Crippen LogP contribution in [0, 0.1) is 13.8 Å². The molecule has 1 unspecified atom stereocenters. The van der Waals surface area contributed by atoms with Gasteiger partial charge in [0.25, 0.3) is 0 Å². The van der Waals surface area contributed by atoms with E-state index in [1.54, 1.807) is 18.2 Å². The zero-order valence-electron chi connectivity index (χ0n) is 10.9. The highest BCUT2D eigenvalue weighted by Crippen LogP contribution is 2.25. The Balaban J connectivity index is 2.34. The van der Waals surface area contributed by atoms with Gasteiger partial charge in [-0.25, -0.2) is 0 Å². The van der Waals surface area contributed by atoms with Crippen molar-refractivity contribution in [1.82, 2.24) is 0 Å². The molecule has 0 saturated heterocycles. The third-order valence-electron chi connectivity index (χ3n) is 3.14. The number of anilines is 1. The summed E-state index contributed by atoms with van der Waals surface area (Å²) < 4.78 is 12.5. The average Bonchev–Trinajstić information content (AvgIpc) is 2.37. The van der Waals surface area contributed by atoms with E-state index >= 15 is 0 Å². The summed E-state index contributed by atoms with van der Waals surface area (Å²) >= 11 is 5.94. The Hall–Kier alpha value is -1.32. The number of hydrogen-bond donors (Lipinski definition) is 1. The predicted octanol–water partition coefficient (Wildman–Crippen LogP) is 3.85. The largest absolute Gasteiger partial charge is 0.398 e. The van der Waals surface area contributed by atoms with Gasteiger partial charge >= 0.3 is 0 Å². The van der Waals surface area contributed by atoms with Gasteiger partial charge in [-0.1, -0.05) is 29.8 Å². The molecule has 0 spiro atoms. The van der Waals surface area contributed by atoms with Crippen molar-refractivity contribution in [2.45, 2.75) is 24.5 Å². The Morgan fingerprint density at radius 1 is 1.16 bits per heavy atom. The van der Waals surface area contributed by atoms with Gasteiger partial charge in [0.15, 0.2) is 0 Å². The Kier molecular flexibility index (Phi) is 4.27. The minimum Gasteiger partial charge on any atom is -0.398 e. The van der Waals surface area contributed by atoms with E-state index in [4.69, 9.17) is 17.3 Å². The summed E-state index contributed by atoms with van der Waals surface area (Å²) in [5.74, 6) is 0.461. The molecule has 0 saturated carbocycles. The molecule has 19 heavy (non-hydrogen) atoms. The number of aryl methyl sites for hydroxylation is 2. The van der Waals surface area contributed by atoms with Gasteiger partial charge in [-0.05, 0) is 48.7 Å². The van der Waals surface area contributed by atoms with Crippen LogP contribution in [0.3, 0.4) is 0 Å². The van der Waals surface area contributed by atoms with Crippen molar-refractivity contribution in [3.05, 3.63) is 58.1 Å². The van der Waals surface area contributed by atoms with Gasteiger partial charge in [-0.2, -0.15) is 0 Å².